The summed E-state index contributed by atoms with van der Waals surface area (Å²) in [5.41, 5.74) is 2.35. The Kier molecular flexibility index (Phi) is 3.04. The van der Waals surface area contributed by atoms with Gasteiger partial charge in [-0.25, -0.2) is 0 Å². The third-order valence-electron chi connectivity index (χ3n) is 4.18. The highest BCUT2D eigenvalue weighted by Gasteiger charge is 2.32. The Bertz CT molecular complexity index is 656. The number of fused-ring (bicyclic) bond motifs is 1. The van der Waals surface area contributed by atoms with Gasteiger partial charge in [0.25, 0.3) is 0 Å². The van der Waals surface area contributed by atoms with Crippen molar-refractivity contribution in [2.24, 2.45) is 0 Å². The normalized spacial score (nSPS) is 18.7. The molecule has 1 aromatic heterocycles. The zero-order valence-corrected chi connectivity index (χ0v) is 13.1. The average Bonchev–Trinajstić information content (AvgIpc) is 3.35. The average molecular weight is 336 g/mol. The molecule has 2 fully saturated rings. The summed E-state index contributed by atoms with van der Waals surface area (Å²) in [5, 5.41) is 4.78. The Morgan fingerprint density at radius 3 is 2.75 bits per heavy atom. The maximum absolute atomic E-state index is 6.14. The largest absolute Gasteiger partial charge is 0.497 e. The van der Waals surface area contributed by atoms with Gasteiger partial charge in [0, 0.05) is 17.0 Å². The van der Waals surface area contributed by atoms with Crippen LogP contribution in [0.1, 0.15) is 42.9 Å². The first kappa shape index (κ1) is 12.7. The molecule has 0 saturated heterocycles. The van der Waals surface area contributed by atoms with Crippen LogP contribution in [0.15, 0.2) is 21.0 Å². The van der Waals surface area contributed by atoms with Gasteiger partial charge in [-0.15, -0.1) is 0 Å². The number of nitrogens with one attached hydrogen (secondary N) is 1. The predicted octanol–water partition coefficient (Wildman–Crippen LogP) is 4.33. The molecule has 1 N–H and O–H groups in total. The summed E-state index contributed by atoms with van der Waals surface area (Å²) < 4.78 is 12.5. The summed E-state index contributed by atoms with van der Waals surface area (Å²) in [4.78, 5) is 0. The molecule has 0 radical (unpaired) electrons. The number of halogens is 1. The van der Waals surface area contributed by atoms with Crippen molar-refractivity contribution in [3.8, 4) is 5.75 Å². The Hall–Kier alpha value is -1.00. The number of ether oxygens (including phenoxy) is 1. The smallest absolute Gasteiger partial charge is 0.149 e. The molecule has 0 unspecified atom stereocenters. The van der Waals surface area contributed by atoms with Gasteiger partial charge in [-0.3, -0.25) is 0 Å². The standard InChI is InChI=1S/C16H18BrNO2/c1-19-11-6-12-15(9-2-3-9)14(8-18-10-4-5-10)20-16(12)13(17)7-11/h6-7,9-10,18H,2-5,8H2,1H3. The highest BCUT2D eigenvalue weighted by molar-refractivity contribution is 9.10. The molecule has 0 bridgehead atoms. The molecule has 2 aliphatic rings. The molecule has 3 nitrogen and oxygen atoms in total. The molecule has 20 heavy (non-hydrogen) atoms. The molecular weight excluding hydrogens is 318 g/mol. The molecule has 106 valence electrons. The van der Waals surface area contributed by atoms with Crippen molar-refractivity contribution in [2.45, 2.75) is 44.2 Å². The van der Waals surface area contributed by atoms with Crippen molar-refractivity contribution in [3.05, 3.63) is 27.9 Å². The van der Waals surface area contributed by atoms with Gasteiger partial charge in [0.1, 0.15) is 17.1 Å². The van der Waals surface area contributed by atoms with E-state index >= 15 is 0 Å². The summed E-state index contributed by atoms with van der Waals surface area (Å²) in [7, 11) is 1.71. The van der Waals surface area contributed by atoms with Crippen molar-refractivity contribution in [1.29, 1.82) is 0 Å². The number of methoxy groups -OCH3 is 1. The quantitative estimate of drug-likeness (QED) is 0.882. The van der Waals surface area contributed by atoms with Gasteiger partial charge in [0.05, 0.1) is 18.1 Å². The number of hydrogen-bond donors (Lipinski definition) is 1. The van der Waals surface area contributed by atoms with Crippen molar-refractivity contribution in [1.82, 2.24) is 5.32 Å². The molecule has 2 aromatic rings. The third-order valence-corrected chi connectivity index (χ3v) is 4.77. The van der Waals surface area contributed by atoms with Gasteiger partial charge in [-0.2, -0.15) is 0 Å². The second-order valence-corrected chi connectivity index (χ2v) is 6.71. The maximum atomic E-state index is 6.14. The van der Waals surface area contributed by atoms with Crippen LogP contribution in [-0.4, -0.2) is 13.2 Å². The van der Waals surface area contributed by atoms with Crippen molar-refractivity contribution < 1.29 is 9.15 Å². The second kappa shape index (κ2) is 4.78. The van der Waals surface area contributed by atoms with E-state index in [1.807, 2.05) is 6.07 Å². The fraction of sp³-hybridized carbons (Fsp3) is 0.500. The highest BCUT2D eigenvalue weighted by atomic mass is 79.9. The van der Waals surface area contributed by atoms with Crippen LogP contribution < -0.4 is 10.1 Å². The van der Waals surface area contributed by atoms with Gasteiger partial charge < -0.3 is 14.5 Å². The van der Waals surface area contributed by atoms with Gasteiger partial charge in [0.15, 0.2) is 0 Å². The molecule has 0 aliphatic heterocycles. The minimum atomic E-state index is 0.672. The third kappa shape index (κ3) is 2.25. The van der Waals surface area contributed by atoms with Crippen molar-refractivity contribution in [3.63, 3.8) is 0 Å². The summed E-state index contributed by atoms with van der Waals surface area (Å²) in [6.07, 6.45) is 5.16. The molecule has 1 aromatic carbocycles. The van der Waals surface area contributed by atoms with E-state index in [1.165, 1.54) is 36.6 Å². The molecule has 2 saturated carbocycles. The fourth-order valence-electron chi connectivity index (χ4n) is 2.79. The van der Waals surface area contributed by atoms with Gasteiger partial charge in [-0.05, 0) is 59.7 Å². The lowest BCUT2D eigenvalue weighted by Crippen LogP contribution is -2.15. The van der Waals surface area contributed by atoms with E-state index in [9.17, 15) is 0 Å². The van der Waals surface area contributed by atoms with Crippen molar-refractivity contribution in [2.75, 3.05) is 7.11 Å². The first-order valence-electron chi connectivity index (χ1n) is 7.28. The Morgan fingerprint density at radius 2 is 2.10 bits per heavy atom. The minimum Gasteiger partial charge on any atom is -0.497 e. The Balaban J connectivity index is 1.80. The van der Waals surface area contributed by atoms with Crippen LogP contribution in [0.25, 0.3) is 11.0 Å². The van der Waals surface area contributed by atoms with Gasteiger partial charge >= 0.3 is 0 Å². The molecule has 1 heterocycles. The molecular formula is C16H18BrNO2. The maximum Gasteiger partial charge on any atom is 0.149 e. The van der Waals surface area contributed by atoms with Crippen LogP contribution in [0.4, 0.5) is 0 Å². The molecule has 4 heteroatoms. The first-order chi connectivity index (χ1) is 9.76. The van der Waals surface area contributed by atoms with E-state index in [0.717, 1.165) is 28.1 Å². The molecule has 0 amide bonds. The van der Waals surface area contributed by atoms with E-state index in [-0.39, 0.29) is 0 Å². The van der Waals surface area contributed by atoms with Gasteiger partial charge in [0.2, 0.25) is 0 Å². The molecule has 4 rings (SSSR count). The lowest BCUT2D eigenvalue weighted by molar-refractivity contribution is 0.415. The van der Waals surface area contributed by atoms with E-state index in [0.29, 0.717) is 12.0 Å². The number of rotatable bonds is 5. The van der Waals surface area contributed by atoms with Crippen LogP contribution in [0.2, 0.25) is 0 Å². The molecule has 0 spiro atoms. The summed E-state index contributed by atoms with van der Waals surface area (Å²) in [5.74, 6) is 2.67. The van der Waals surface area contributed by atoms with E-state index in [1.54, 1.807) is 7.11 Å². The van der Waals surface area contributed by atoms with Gasteiger partial charge in [-0.1, -0.05) is 0 Å². The monoisotopic (exact) mass is 335 g/mol. The minimum absolute atomic E-state index is 0.672. The van der Waals surface area contributed by atoms with Crippen LogP contribution in [0.3, 0.4) is 0 Å². The number of benzene rings is 1. The second-order valence-electron chi connectivity index (χ2n) is 5.85. The predicted molar refractivity (Wildman–Crippen MR) is 82.3 cm³/mol. The summed E-state index contributed by atoms with van der Waals surface area (Å²) in [6.45, 7) is 0.847. The molecule has 0 atom stereocenters. The summed E-state index contributed by atoms with van der Waals surface area (Å²) in [6, 6.07) is 4.78. The Morgan fingerprint density at radius 1 is 1.30 bits per heavy atom. The Labute approximate surface area is 126 Å². The topological polar surface area (TPSA) is 34.4 Å². The van der Waals surface area contributed by atoms with Crippen LogP contribution in [0.5, 0.6) is 5.75 Å². The highest BCUT2D eigenvalue weighted by Crippen LogP contribution is 2.48. The lowest BCUT2D eigenvalue weighted by atomic mass is 10.1. The van der Waals surface area contributed by atoms with E-state index in [4.69, 9.17) is 9.15 Å². The lowest BCUT2D eigenvalue weighted by Gasteiger charge is -2.03. The first-order valence-corrected chi connectivity index (χ1v) is 8.07. The van der Waals surface area contributed by atoms with Crippen molar-refractivity contribution >= 4 is 26.9 Å². The fourth-order valence-corrected chi connectivity index (χ4v) is 3.31. The zero-order valence-electron chi connectivity index (χ0n) is 11.5. The van der Waals surface area contributed by atoms with Crippen LogP contribution in [0, 0.1) is 0 Å². The van der Waals surface area contributed by atoms with Crippen LogP contribution in [-0.2, 0) is 6.54 Å². The van der Waals surface area contributed by atoms with Crippen LogP contribution >= 0.6 is 15.9 Å². The summed E-state index contributed by atoms with van der Waals surface area (Å²) >= 11 is 3.60. The molecule has 2 aliphatic carbocycles. The number of hydrogen-bond acceptors (Lipinski definition) is 3. The van der Waals surface area contributed by atoms with E-state index in [2.05, 4.69) is 27.3 Å². The SMILES string of the molecule is COc1cc(Br)c2oc(CNC3CC3)c(C3CC3)c2c1. The number of furan rings is 1. The van der Waals surface area contributed by atoms with E-state index < -0.39 is 0 Å². The zero-order chi connectivity index (χ0) is 13.7.